The molecule has 2 aromatic carbocycles. The molecule has 0 aliphatic carbocycles. The average Bonchev–Trinajstić information content (AvgIpc) is 3.14. The second-order valence-corrected chi connectivity index (χ2v) is 6.35. The first-order valence-corrected chi connectivity index (χ1v) is 8.85. The number of anilines is 1. The van der Waals surface area contributed by atoms with E-state index in [4.69, 9.17) is 25.8 Å². The van der Waals surface area contributed by atoms with Crippen LogP contribution in [-0.2, 0) is 18.1 Å². The Morgan fingerprint density at radius 3 is 2.68 bits per heavy atom. The number of nitrogens with zero attached hydrogens (tertiary/aromatic N) is 2. The van der Waals surface area contributed by atoms with Crippen molar-refractivity contribution >= 4 is 23.2 Å². The highest BCUT2D eigenvalue weighted by atomic mass is 35.5. The zero-order valence-electron chi connectivity index (χ0n) is 15.5. The molecule has 7 nitrogen and oxygen atoms in total. The summed E-state index contributed by atoms with van der Waals surface area (Å²) in [6.07, 6.45) is 3.25. The SMILES string of the molecule is COCn1cc(NC(=O)c2ccc(OC)c(COc3ccc(Cl)cc3)c2)cn1. The number of halogens is 1. The summed E-state index contributed by atoms with van der Waals surface area (Å²) in [5.41, 5.74) is 1.81. The second kappa shape index (κ2) is 9.25. The number of rotatable bonds is 8. The van der Waals surface area contributed by atoms with E-state index < -0.39 is 0 Å². The maximum absolute atomic E-state index is 12.6. The number of hydrogen-bond donors (Lipinski definition) is 1. The van der Waals surface area contributed by atoms with Crippen LogP contribution in [-0.4, -0.2) is 29.9 Å². The standard InChI is InChI=1S/C20H20ClN3O4/c1-26-13-24-11-17(10-22-24)23-20(25)14-3-8-19(27-2)15(9-14)12-28-18-6-4-16(21)5-7-18/h3-11H,12-13H2,1-2H3,(H,23,25). The predicted molar refractivity (Wildman–Crippen MR) is 106 cm³/mol. The van der Waals surface area contributed by atoms with E-state index in [0.717, 1.165) is 5.56 Å². The number of benzene rings is 2. The van der Waals surface area contributed by atoms with E-state index in [1.807, 2.05) is 0 Å². The van der Waals surface area contributed by atoms with Crippen molar-refractivity contribution in [3.05, 3.63) is 71.0 Å². The molecule has 3 aromatic rings. The lowest BCUT2D eigenvalue weighted by Crippen LogP contribution is -2.12. The quantitative estimate of drug-likeness (QED) is 0.618. The van der Waals surface area contributed by atoms with Gasteiger partial charge in [-0.1, -0.05) is 11.6 Å². The Labute approximate surface area is 167 Å². The monoisotopic (exact) mass is 401 g/mol. The van der Waals surface area contributed by atoms with Gasteiger partial charge in [-0.3, -0.25) is 4.79 Å². The van der Waals surface area contributed by atoms with Gasteiger partial charge in [0.2, 0.25) is 0 Å². The van der Waals surface area contributed by atoms with Crippen LogP contribution in [0.15, 0.2) is 54.9 Å². The molecule has 0 bridgehead atoms. The number of carbonyl (C=O) groups is 1. The second-order valence-electron chi connectivity index (χ2n) is 5.91. The number of ether oxygens (including phenoxy) is 3. The molecule has 1 heterocycles. The Hall–Kier alpha value is -3.03. The summed E-state index contributed by atoms with van der Waals surface area (Å²) in [4.78, 5) is 12.6. The zero-order chi connectivity index (χ0) is 19.9. The van der Waals surface area contributed by atoms with E-state index >= 15 is 0 Å². The molecule has 1 amide bonds. The number of hydrogen-bond acceptors (Lipinski definition) is 5. The van der Waals surface area contributed by atoms with Crippen LogP contribution in [0.2, 0.25) is 5.02 Å². The summed E-state index contributed by atoms with van der Waals surface area (Å²) in [6.45, 7) is 0.558. The van der Waals surface area contributed by atoms with Gasteiger partial charge in [0.1, 0.15) is 24.8 Å². The van der Waals surface area contributed by atoms with E-state index in [1.165, 1.54) is 0 Å². The van der Waals surface area contributed by atoms with Crippen molar-refractivity contribution in [3.63, 3.8) is 0 Å². The summed E-state index contributed by atoms with van der Waals surface area (Å²) in [5, 5.41) is 7.54. The summed E-state index contributed by atoms with van der Waals surface area (Å²) in [6, 6.07) is 12.2. The Kier molecular flexibility index (Phi) is 6.52. The van der Waals surface area contributed by atoms with Gasteiger partial charge in [0.25, 0.3) is 5.91 Å². The minimum atomic E-state index is -0.257. The van der Waals surface area contributed by atoms with Gasteiger partial charge in [0, 0.05) is 23.3 Å². The highest BCUT2D eigenvalue weighted by Gasteiger charge is 2.12. The molecule has 0 spiro atoms. The third-order valence-electron chi connectivity index (χ3n) is 3.90. The third-order valence-corrected chi connectivity index (χ3v) is 4.16. The van der Waals surface area contributed by atoms with Gasteiger partial charge in [0.05, 0.1) is 25.2 Å². The van der Waals surface area contributed by atoms with E-state index in [2.05, 4.69) is 10.4 Å². The number of methoxy groups -OCH3 is 2. The lowest BCUT2D eigenvalue weighted by atomic mass is 10.1. The van der Waals surface area contributed by atoms with Crippen molar-refractivity contribution in [2.75, 3.05) is 19.5 Å². The van der Waals surface area contributed by atoms with Gasteiger partial charge in [0.15, 0.2) is 0 Å². The van der Waals surface area contributed by atoms with Crippen LogP contribution in [0.4, 0.5) is 5.69 Å². The summed E-state index contributed by atoms with van der Waals surface area (Å²) >= 11 is 5.88. The Morgan fingerprint density at radius 2 is 1.96 bits per heavy atom. The molecule has 8 heteroatoms. The van der Waals surface area contributed by atoms with E-state index in [1.54, 1.807) is 73.8 Å². The normalized spacial score (nSPS) is 10.5. The van der Waals surface area contributed by atoms with Gasteiger partial charge >= 0.3 is 0 Å². The van der Waals surface area contributed by atoms with Gasteiger partial charge < -0.3 is 19.5 Å². The minimum Gasteiger partial charge on any atom is -0.496 e. The third kappa shape index (κ3) is 5.03. The predicted octanol–water partition coefficient (Wildman–Crippen LogP) is 3.98. The molecular formula is C20H20ClN3O4. The number of aromatic nitrogens is 2. The minimum absolute atomic E-state index is 0.248. The average molecular weight is 402 g/mol. The van der Waals surface area contributed by atoms with Crippen LogP contribution < -0.4 is 14.8 Å². The van der Waals surface area contributed by atoms with Crippen molar-refractivity contribution in [2.45, 2.75) is 13.3 Å². The molecule has 0 saturated carbocycles. The smallest absolute Gasteiger partial charge is 0.255 e. The fourth-order valence-corrected chi connectivity index (χ4v) is 2.68. The summed E-state index contributed by atoms with van der Waals surface area (Å²) in [5.74, 6) is 1.05. The maximum Gasteiger partial charge on any atom is 0.255 e. The molecule has 0 saturated heterocycles. The highest BCUT2D eigenvalue weighted by Crippen LogP contribution is 2.23. The Balaban J connectivity index is 1.71. The van der Waals surface area contributed by atoms with Crippen LogP contribution in [0, 0.1) is 0 Å². The molecule has 0 aliphatic rings. The van der Waals surface area contributed by atoms with Crippen molar-refractivity contribution in [3.8, 4) is 11.5 Å². The van der Waals surface area contributed by atoms with Crippen molar-refractivity contribution in [2.24, 2.45) is 0 Å². The van der Waals surface area contributed by atoms with Crippen LogP contribution in [0.5, 0.6) is 11.5 Å². The lowest BCUT2D eigenvalue weighted by molar-refractivity contribution is 0.102. The number of nitrogens with one attached hydrogen (secondary N) is 1. The maximum atomic E-state index is 12.6. The van der Waals surface area contributed by atoms with Gasteiger partial charge in [-0.25, -0.2) is 4.68 Å². The molecule has 1 N–H and O–H groups in total. The van der Waals surface area contributed by atoms with Crippen molar-refractivity contribution in [1.82, 2.24) is 9.78 Å². The zero-order valence-corrected chi connectivity index (χ0v) is 16.3. The number of amides is 1. The molecule has 0 radical (unpaired) electrons. The topological polar surface area (TPSA) is 74.6 Å². The fraction of sp³-hybridized carbons (Fsp3) is 0.200. The highest BCUT2D eigenvalue weighted by molar-refractivity contribution is 6.30. The molecule has 3 rings (SSSR count). The summed E-state index contributed by atoms with van der Waals surface area (Å²) < 4.78 is 17.7. The molecule has 0 unspecified atom stereocenters. The van der Waals surface area contributed by atoms with Crippen LogP contribution in [0.1, 0.15) is 15.9 Å². The van der Waals surface area contributed by atoms with Crippen molar-refractivity contribution in [1.29, 1.82) is 0 Å². The summed E-state index contributed by atoms with van der Waals surface area (Å²) in [7, 11) is 3.15. The van der Waals surface area contributed by atoms with Crippen LogP contribution in [0.3, 0.4) is 0 Å². The van der Waals surface area contributed by atoms with Crippen LogP contribution in [0.25, 0.3) is 0 Å². The molecule has 1 aromatic heterocycles. The molecule has 28 heavy (non-hydrogen) atoms. The van der Waals surface area contributed by atoms with E-state index in [0.29, 0.717) is 34.5 Å². The molecule has 0 fully saturated rings. The molecule has 0 aliphatic heterocycles. The first-order chi connectivity index (χ1) is 13.6. The lowest BCUT2D eigenvalue weighted by Gasteiger charge is -2.12. The Bertz CT molecular complexity index is 941. The Morgan fingerprint density at radius 1 is 1.18 bits per heavy atom. The van der Waals surface area contributed by atoms with Crippen molar-refractivity contribution < 1.29 is 19.0 Å². The van der Waals surface area contributed by atoms with E-state index in [9.17, 15) is 4.79 Å². The number of carbonyl (C=O) groups excluding carboxylic acids is 1. The van der Waals surface area contributed by atoms with Gasteiger partial charge in [-0.05, 0) is 42.5 Å². The fourth-order valence-electron chi connectivity index (χ4n) is 2.56. The molecular weight excluding hydrogens is 382 g/mol. The van der Waals surface area contributed by atoms with Crippen LogP contribution >= 0.6 is 11.6 Å². The molecule has 0 atom stereocenters. The largest absolute Gasteiger partial charge is 0.496 e. The molecule has 146 valence electrons. The van der Waals surface area contributed by atoms with E-state index in [-0.39, 0.29) is 12.5 Å². The van der Waals surface area contributed by atoms with Gasteiger partial charge in [-0.2, -0.15) is 5.10 Å². The first kappa shape index (κ1) is 19.7. The van der Waals surface area contributed by atoms with Gasteiger partial charge in [-0.15, -0.1) is 0 Å². The first-order valence-electron chi connectivity index (χ1n) is 8.47.